The molecule has 0 spiro atoms. The molecule has 72 valence electrons. The molecule has 0 bridgehead atoms. The molecular weight excluding hydrogens is 152 g/mol. The zero-order chi connectivity index (χ0) is 8.86. The number of hydrogen-bond donors (Lipinski definition) is 2. The molecule has 0 radical (unpaired) electrons. The Morgan fingerprint density at radius 2 is 1.67 bits per heavy atom. The van der Waals surface area contributed by atoms with Crippen LogP contribution in [0.5, 0.6) is 0 Å². The van der Waals surface area contributed by atoms with E-state index in [9.17, 15) is 5.11 Å². The van der Waals surface area contributed by atoms with Crippen molar-refractivity contribution in [2.75, 3.05) is 13.2 Å². The van der Waals surface area contributed by atoms with Gasteiger partial charge in [-0.3, -0.25) is 0 Å². The van der Waals surface area contributed by atoms with Crippen LogP contribution in [0.25, 0.3) is 0 Å². The van der Waals surface area contributed by atoms with Gasteiger partial charge in [0.05, 0.1) is 0 Å². The lowest BCUT2D eigenvalue weighted by Crippen LogP contribution is -2.28. The van der Waals surface area contributed by atoms with Crippen molar-refractivity contribution in [1.29, 1.82) is 0 Å². The Bertz CT molecular complexity index is 117. The van der Waals surface area contributed by atoms with E-state index in [1.165, 1.54) is 19.3 Å². The zero-order valence-electron chi connectivity index (χ0n) is 7.76. The van der Waals surface area contributed by atoms with Crippen molar-refractivity contribution >= 4 is 0 Å². The smallest absolute Gasteiger partial charge is 0.0487 e. The van der Waals surface area contributed by atoms with Gasteiger partial charge in [0.25, 0.3) is 0 Å². The molecule has 1 rings (SSSR count). The summed E-state index contributed by atoms with van der Waals surface area (Å²) in [6, 6.07) is 0. The second-order valence-electron chi connectivity index (χ2n) is 4.05. The zero-order valence-corrected chi connectivity index (χ0v) is 7.76. The molecule has 2 nitrogen and oxygen atoms in total. The Morgan fingerprint density at radius 1 is 1.00 bits per heavy atom. The van der Waals surface area contributed by atoms with E-state index in [2.05, 4.69) is 0 Å². The van der Waals surface area contributed by atoms with Crippen LogP contribution in [-0.2, 0) is 0 Å². The Kier molecular flexibility index (Phi) is 4.02. The minimum absolute atomic E-state index is 0.168. The maximum atomic E-state index is 9.29. The lowest BCUT2D eigenvalue weighted by Gasteiger charge is -2.35. The van der Waals surface area contributed by atoms with Crippen molar-refractivity contribution in [1.82, 2.24) is 0 Å². The highest BCUT2D eigenvalue weighted by Crippen LogP contribution is 2.39. The summed E-state index contributed by atoms with van der Waals surface area (Å²) in [5.41, 5.74) is 0.168. The maximum Gasteiger partial charge on any atom is 0.0487 e. The third kappa shape index (κ3) is 2.46. The minimum atomic E-state index is 0.168. The highest BCUT2D eigenvalue weighted by atomic mass is 16.3. The van der Waals surface area contributed by atoms with E-state index in [0.717, 1.165) is 25.7 Å². The van der Waals surface area contributed by atoms with E-state index < -0.39 is 0 Å². The average Bonchev–Trinajstić information content (AvgIpc) is 2.16. The van der Waals surface area contributed by atoms with Crippen LogP contribution in [0.4, 0.5) is 0 Å². The predicted octanol–water partition coefficient (Wildman–Crippen LogP) is 1.70. The van der Waals surface area contributed by atoms with Gasteiger partial charge in [-0.1, -0.05) is 19.3 Å². The molecule has 0 aromatic heterocycles. The number of aliphatic hydroxyl groups excluding tert-OH is 2. The Labute approximate surface area is 74.6 Å². The molecule has 2 heteroatoms. The molecule has 0 aromatic carbocycles. The molecular formula is C10H20O2. The van der Waals surface area contributed by atoms with Crippen LogP contribution in [0.15, 0.2) is 0 Å². The fraction of sp³-hybridized carbons (Fsp3) is 1.00. The van der Waals surface area contributed by atoms with Crippen LogP contribution >= 0.6 is 0 Å². The van der Waals surface area contributed by atoms with Gasteiger partial charge in [-0.2, -0.15) is 0 Å². The molecule has 1 aliphatic rings. The van der Waals surface area contributed by atoms with Gasteiger partial charge in [0.2, 0.25) is 0 Å². The Balaban J connectivity index is 2.37. The number of rotatable bonds is 4. The summed E-state index contributed by atoms with van der Waals surface area (Å²) in [6.07, 6.45) is 7.99. The monoisotopic (exact) mass is 172 g/mol. The van der Waals surface area contributed by atoms with Crippen LogP contribution in [0.1, 0.15) is 44.9 Å². The molecule has 1 aliphatic carbocycles. The third-order valence-electron chi connectivity index (χ3n) is 3.11. The van der Waals surface area contributed by atoms with Crippen molar-refractivity contribution in [3.63, 3.8) is 0 Å². The van der Waals surface area contributed by atoms with Crippen LogP contribution in [-0.4, -0.2) is 23.4 Å². The molecule has 0 aromatic rings. The second-order valence-corrected chi connectivity index (χ2v) is 4.05. The van der Waals surface area contributed by atoms with Crippen LogP contribution < -0.4 is 0 Å². The van der Waals surface area contributed by atoms with E-state index in [1.54, 1.807) is 0 Å². The molecule has 0 heterocycles. The lowest BCUT2D eigenvalue weighted by atomic mass is 9.72. The topological polar surface area (TPSA) is 40.5 Å². The summed E-state index contributed by atoms with van der Waals surface area (Å²) in [5, 5.41) is 18.0. The summed E-state index contributed by atoms with van der Waals surface area (Å²) < 4.78 is 0. The summed E-state index contributed by atoms with van der Waals surface area (Å²) in [5.74, 6) is 0. The standard InChI is InChI=1S/C10H20O2/c11-8-4-7-10(9-12)5-2-1-3-6-10/h11-12H,1-9H2. The van der Waals surface area contributed by atoms with Gasteiger partial charge in [0.1, 0.15) is 0 Å². The van der Waals surface area contributed by atoms with Gasteiger partial charge in [0.15, 0.2) is 0 Å². The van der Waals surface area contributed by atoms with Crippen LogP contribution in [0, 0.1) is 5.41 Å². The first-order valence-corrected chi connectivity index (χ1v) is 5.05. The van der Waals surface area contributed by atoms with Crippen molar-refractivity contribution in [3.8, 4) is 0 Å². The normalized spacial score (nSPS) is 22.5. The van der Waals surface area contributed by atoms with Gasteiger partial charge >= 0.3 is 0 Å². The quantitative estimate of drug-likeness (QED) is 0.677. The first-order chi connectivity index (χ1) is 5.83. The van der Waals surface area contributed by atoms with E-state index in [0.29, 0.717) is 6.61 Å². The molecule has 0 aliphatic heterocycles. The van der Waals surface area contributed by atoms with Crippen molar-refractivity contribution in [2.45, 2.75) is 44.9 Å². The van der Waals surface area contributed by atoms with E-state index >= 15 is 0 Å². The van der Waals surface area contributed by atoms with Gasteiger partial charge < -0.3 is 10.2 Å². The SMILES string of the molecule is OCCCC1(CO)CCCCC1. The van der Waals surface area contributed by atoms with E-state index in [1.807, 2.05) is 0 Å². The van der Waals surface area contributed by atoms with Gasteiger partial charge in [-0.25, -0.2) is 0 Å². The van der Waals surface area contributed by atoms with Gasteiger partial charge in [-0.15, -0.1) is 0 Å². The molecule has 0 saturated heterocycles. The highest BCUT2D eigenvalue weighted by molar-refractivity contribution is 4.81. The molecule has 0 amide bonds. The molecule has 1 fully saturated rings. The first kappa shape index (κ1) is 10.0. The molecule has 2 N–H and O–H groups in total. The Morgan fingerprint density at radius 3 is 2.17 bits per heavy atom. The van der Waals surface area contributed by atoms with E-state index in [-0.39, 0.29) is 12.0 Å². The molecule has 0 atom stereocenters. The van der Waals surface area contributed by atoms with Crippen molar-refractivity contribution in [2.24, 2.45) is 5.41 Å². The van der Waals surface area contributed by atoms with Crippen LogP contribution in [0.2, 0.25) is 0 Å². The first-order valence-electron chi connectivity index (χ1n) is 5.05. The second kappa shape index (κ2) is 4.83. The molecule has 0 unspecified atom stereocenters. The minimum Gasteiger partial charge on any atom is -0.396 e. The fourth-order valence-corrected chi connectivity index (χ4v) is 2.24. The largest absolute Gasteiger partial charge is 0.396 e. The molecule has 1 saturated carbocycles. The summed E-state index contributed by atoms with van der Waals surface area (Å²) in [4.78, 5) is 0. The predicted molar refractivity (Wildman–Crippen MR) is 48.9 cm³/mol. The fourth-order valence-electron chi connectivity index (χ4n) is 2.24. The Hall–Kier alpha value is -0.0800. The maximum absolute atomic E-state index is 9.29. The lowest BCUT2D eigenvalue weighted by molar-refractivity contribution is 0.0659. The van der Waals surface area contributed by atoms with Crippen LogP contribution in [0.3, 0.4) is 0 Å². The number of hydrogen-bond acceptors (Lipinski definition) is 2. The average molecular weight is 172 g/mol. The van der Waals surface area contributed by atoms with Crippen molar-refractivity contribution < 1.29 is 10.2 Å². The summed E-state index contributed by atoms with van der Waals surface area (Å²) in [7, 11) is 0. The van der Waals surface area contributed by atoms with Crippen molar-refractivity contribution in [3.05, 3.63) is 0 Å². The molecule has 12 heavy (non-hydrogen) atoms. The third-order valence-corrected chi connectivity index (χ3v) is 3.11. The van der Waals surface area contributed by atoms with E-state index in [4.69, 9.17) is 5.11 Å². The highest BCUT2D eigenvalue weighted by Gasteiger charge is 2.30. The number of aliphatic hydroxyl groups is 2. The van der Waals surface area contributed by atoms with Gasteiger partial charge in [-0.05, 0) is 31.1 Å². The summed E-state index contributed by atoms with van der Waals surface area (Å²) in [6.45, 7) is 0.578. The summed E-state index contributed by atoms with van der Waals surface area (Å²) >= 11 is 0. The van der Waals surface area contributed by atoms with Gasteiger partial charge in [0, 0.05) is 13.2 Å².